The van der Waals surface area contributed by atoms with E-state index in [2.05, 4.69) is 20.3 Å². The Bertz CT molecular complexity index is 847. The second-order valence-electron chi connectivity index (χ2n) is 7.99. The quantitative estimate of drug-likeness (QED) is 0.690. The van der Waals surface area contributed by atoms with E-state index in [-0.39, 0.29) is 35.2 Å². The van der Waals surface area contributed by atoms with Crippen LogP contribution in [0.4, 0.5) is 19.1 Å². The summed E-state index contributed by atoms with van der Waals surface area (Å²) in [6.07, 6.45) is -1.32. The Hall–Kier alpha value is -2.69. The molecule has 2 fully saturated rings. The monoisotopic (exact) mass is 425 g/mol. The molecule has 1 amide bonds. The third kappa shape index (κ3) is 5.26. The second kappa shape index (κ2) is 8.58. The largest absolute Gasteiger partial charge is 0.433 e. The summed E-state index contributed by atoms with van der Waals surface area (Å²) in [7, 11) is 0. The van der Waals surface area contributed by atoms with Crippen molar-refractivity contribution in [3.63, 3.8) is 0 Å². The van der Waals surface area contributed by atoms with E-state index in [0.29, 0.717) is 32.7 Å². The van der Waals surface area contributed by atoms with Crippen molar-refractivity contribution in [2.24, 2.45) is 10.7 Å². The predicted octanol–water partition coefficient (Wildman–Crippen LogP) is 1.29. The smallest absolute Gasteiger partial charge is 0.404 e. The number of alkyl halides is 3. The lowest BCUT2D eigenvalue weighted by molar-refractivity contribution is -0.141. The number of hydrogen-bond acceptors (Lipinski definition) is 7. The SMILES string of the molecule is CC1(C)CN(C(=O)CN=CC(=CN)c2cc(C(F)(F)F)nc(N3CCC3)n2)CCN1. The van der Waals surface area contributed by atoms with E-state index < -0.39 is 11.9 Å². The highest BCUT2D eigenvalue weighted by molar-refractivity contribution is 6.09. The number of allylic oxidation sites excluding steroid dienone is 1. The summed E-state index contributed by atoms with van der Waals surface area (Å²) in [5, 5.41) is 3.32. The van der Waals surface area contributed by atoms with Crippen molar-refractivity contribution in [3.8, 4) is 0 Å². The molecule has 3 rings (SSSR count). The van der Waals surface area contributed by atoms with Crippen molar-refractivity contribution in [1.82, 2.24) is 20.2 Å². The van der Waals surface area contributed by atoms with Crippen LogP contribution in [-0.4, -0.2) is 71.8 Å². The highest BCUT2D eigenvalue weighted by Crippen LogP contribution is 2.31. The Morgan fingerprint density at radius 1 is 1.33 bits per heavy atom. The minimum Gasteiger partial charge on any atom is -0.404 e. The van der Waals surface area contributed by atoms with Gasteiger partial charge < -0.3 is 20.9 Å². The normalized spacial score (nSPS) is 19.8. The van der Waals surface area contributed by atoms with Crippen molar-refractivity contribution < 1.29 is 18.0 Å². The average molecular weight is 425 g/mol. The van der Waals surface area contributed by atoms with E-state index in [1.807, 2.05) is 13.8 Å². The molecule has 8 nitrogen and oxygen atoms in total. The van der Waals surface area contributed by atoms with Gasteiger partial charge in [0.25, 0.3) is 0 Å². The van der Waals surface area contributed by atoms with E-state index in [1.54, 1.807) is 9.80 Å². The number of aromatic nitrogens is 2. The maximum absolute atomic E-state index is 13.3. The zero-order chi connectivity index (χ0) is 21.9. The fourth-order valence-corrected chi connectivity index (χ4v) is 3.26. The van der Waals surface area contributed by atoms with Gasteiger partial charge in [-0.3, -0.25) is 9.79 Å². The maximum Gasteiger partial charge on any atom is 0.433 e. The molecule has 11 heteroatoms. The summed E-state index contributed by atoms with van der Waals surface area (Å²) in [6.45, 7) is 6.93. The summed E-state index contributed by atoms with van der Waals surface area (Å²) in [5.41, 5.74) is 4.61. The molecule has 3 heterocycles. The molecular weight excluding hydrogens is 399 g/mol. The van der Waals surface area contributed by atoms with Gasteiger partial charge >= 0.3 is 6.18 Å². The minimum absolute atomic E-state index is 0.0120. The van der Waals surface area contributed by atoms with E-state index in [9.17, 15) is 18.0 Å². The molecule has 2 saturated heterocycles. The Labute approximate surface area is 173 Å². The number of aliphatic imine (C=N–C) groups is 1. The summed E-state index contributed by atoms with van der Waals surface area (Å²) in [4.78, 5) is 27.8. The fraction of sp³-hybridized carbons (Fsp3) is 0.579. The molecule has 30 heavy (non-hydrogen) atoms. The van der Waals surface area contributed by atoms with Crippen LogP contribution in [0.2, 0.25) is 0 Å². The summed E-state index contributed by atoms with van der Waals surface area (Å²) < 4.78 is 39.8. The Morgan fingerprint density at radius 3 is 2.63 bits per heavy atom. The first-order chi connectivity index (χ1) is 14.1. The fourth-order valence-electron chi connectivity index (χ4n) is 3.26. The standard InChI is InChI=1S/C19H26F3N7O/c1-18(2)12-29(7-4-25-18)16(30)11-24-10-13(9-23)14-8-15(19(20,21)22)27-17(26-14)28-5-3-6-28/h8-10,25H,3-7,11-12,23H2,1-2H3. The number of nitrogens with one attached hydrogen (secondary N) is 1. The number of anilines is 1. The van der Waals surface area contributed by atoms with Gasteiger partial charge in [-0.2, -0.15) is 13.2 Å². The van der Waals surface area contributed by atoms with Crippen LogP contribution >= 0.6 is 0 Å². The van der Waals surface area contributed by atoms with E-state index in [0.717, 1.165) is 18.7 Å². The number of halogens is 3. The lowest BCUT2D eigenvalue weighted by Crippen LogP contribution is -2.58. The van der Waals surface area contributed by atoms with Crippen LogP contribution in [0.15, 0.2) is 17.3 Å². The van der Waals surface area contributed by atoms with Crippen LogP contribution < -0.4 is 16.0 Å². The van der Waals surface area contributed by atoms with Crippen LogP contribution in [0.3, 0.4) is 0 Å². The van der Waals surface area contributed by atoms with Gasteiger partial charge in [0, 0.05) is 56.3 Å². The molecule has 0 spiro atoms. The van der Waals surface area contributed by atoms with E-state index in [1.165, 1.54) is 6.21 Å². The van der Waals surface area contributed by atoms with Gasteiger partial charge in [0.05, 0.1) is 5.69 Å². The molecule has 1 aromatic rings. The number of carbonyl (C=O) groups excluding carboxylic acids is 1. The first kappa shape index (κ1) is 22.0. The predicted molar refractivity (Wildman–Crippen MR) is 108 cm³/mol. The van der Waals surface area contributed by atoms with E-state index >= 15 is 0 Å². The van der Waals surface area contributed by atoms with Gasteiger partial charge in [0.1, 0.15) is 6.54 Å². The number of carbonyl (C=O) groups is 1. The number of amides is 1. The van der Waals surface area contributed by atoms with Crippen molar-refractivity contribution in [2.45, 2.75) is 32.0 Å². The molecule has 0 aromatic carbocycles. The van der Waals surface area contributed by atoms with Crippen LogP contribution in [0, 0.1) is 0 Å². The van der Waals surface area contributed by atoms with Gasteiger partial charge in [0.15, 0.2) is 5.69 Å². The third-order valence-corrected chi connectivity index (χ3v) is 5.00. The Kier molecular flexibility index (Phi) is 6.30. The van der Waals surface area contributed by atoms with Crippen molar-refractivity contribution in [1.29, 1.82) is 0 Å². The van der Waals surface area contributed by atoms with Gasteiger partial charge in [0.2, 0.25) is 11.9 Å². The maximum atomic E-state index is 13.3. The van der Waals surface area contributed by atoms with Crippen LogP contribution in [0.5, 0.6) is 0 Å². The van der Waals surface area contributed by atoms with Gasteiger partial charge in [-0.25, -0.2) is 9.97 Å². The molecule has 0 unspecified atom stereocenters. The first-order valence-electron chi connectivity index (χ1n) is 9.75. The highest BCUT2D eigenvalue weighted by Gasteiger charge is 2.35. The molecular formula is C19H26F3N7O. The minimum atomic E-state index is -4.61. The average Bonchev–Trinajstić information content (AvgIpc) is 2.62. The number of hydrogen-bond donors (Lipinski definition) is 2. The second-order valence-corrected chi connectivity index (χ2v) is 7.99. The zero-order valence-corrected chi connectivity index (χ0v) is 17.0. The lowest BCUT2D eigenvalue weighted by atomic mass is 10.0. The number of rotatable bonds is 5. The summed E-state index contributed by atoms with van der Waals surface area (Å²) in [5.74, 6) is -0.143. The topological polar surface area (TPSA) is 99.7 Å². The molecule has 3 N–H and O–H groups in total. The summed E-state index contributed by atoms with van der Waals surface area (Å²) >= 11 is 0. The molecule has 0 aliphatic carbocycles. The zero-order valence-electron chi connectivity index (χ0n) is 17.0. The van der Waals surface area contributed by atoms with Gasteiger partial charge in [-0.05, 0) is 26.3 Å². The first-order valence-corrected chi connectivity index (χ1v) is 9.75. The molecule has 2 aliphatic heterocycles. The van der Waals surface area contributed by atoms with Crippen LogP contribution in [-0.2, 0) is 11.0 Å². The molecule has 2 aliphatic rings. The van der Waals surface area contributed by atoms with Crippen molar-refractivity contribution in [2.75, 3.05) is 44.2 Å². The molecule has 0 saturated carbocycles. The number of nitrogens with zero attached hydrogens (tertiary/aromatic N) is 5. The van der Waals surface area contributed by atoms with Crippen LogP contribution in [0.1, 0.15) is 31.7 Å². The molecule has 0 bridgehead atoms. The van der Waals surface area contributed by atoms with Gasteiger partial charge in [-0.1, -0.05) is 0 Å². The van der Waals surface area contributed by atoms with Crippen LogP contribution in [0.25, 0.3) is 5.57 Å². The number of nitrogens with two attached hydrogens (primary N) is 1. The van der Waals surface area contributed by atoms with Crippen molar-refractivity contribution >= 4 is 23.6 Å². The summed E-state index contributed by atoms with van der Waals surface area (Å²) in [6, 6.07) is 0.842. The third-order valence-electron chi connectivity index (χ3n) is 5.00. The Morgan fingerprint density at radius 2 is 2.07 bits per heavy atom. The van der Waals surface area contributed by atoms with Gasteiger partial charge in [-0.15, -0.1) is 0 Å². The molecule has 1 aromatic heterocycles. The highest BCUT2D eigenvalue weighted by atomic mass is 19.4. The molecule has 0 atom stereocenters. The van der Waals surface area contributed by atoms with E-state index in [4.69, 9.17) is 5.73 Å². The molecule has 0 radical (unpaired) electrons. The van der Waals surface area contributed by atoms with Crippen molar-refractivity contribution in [3.05, 3.63) is 23.7 Å². The lowest BCUT2D eigenvalue weighted by Gasteiger charge is -2.38. The Balaban J connectivity index is 1.74. The molecule has 164 valence electrons. The number of piperazine rings is 1.